The van der Waals surface area contributed by atoms with Gasteiger partial charge >= 0.3 is 28.3 Å². The third kappa shape index (κ3) is 3.72. The van der Waals surface area contributed by atoms with Crippen LogP contribution in [0.4, 0.5) is 34.3 Å². The van der Waals surface area contributed by atoms with Crippen LogP contribution in [0.2, 0.25) is 0 Å². The van der Waals surface area contributed by atoms with E-state index in [0.29, 0.717) is 0 Å². The molecule has 0 radical (unpaired) electrons. The summed E-state index contributed by atoms with van der Waals surface area (Å²) in [4.78, 5) is 10.8. The summed E-state index contributed by atoms with van der Waals surface area (Å²) in [5.41, 5.74) is 9.77. The molecule has 7 aromatic carbocycles. The number of nitrogens with zero attached hydrogens (tertiary/aromatic N) is 4. The van der Waals surface area contributed by atoms with Crippen molar-refractivity contribution in [2.75, 3.05) is 9.80 Å². The summed E-state index contributed by atoms with van der Waals surface area (Å²) in [6.07, 6.45) is 0. The van der Waals surface area contributed by atoms with Gasteiger partial charge in [0, 0.05) is 55.0 Å². The maximum absolute atomic E-state index is 7.09. The van der Waals surface area contributed by atoms with Crippen LogP contribution in [0.15, 0.2) is 170 Å². The van der Waals surface area contributed by atoms with E-state index in [1.165, 1.54) is 66.7 Å². The maximum Gasteiger partial charge on any atom is 0.430 e. The molecule has 2 aromatic heterocycles. The Balaban J connectivity index is 1.12. The summed E-state index contributed by atoms with van der Waals surface area (Å²) in [6.45, 7) is 0. The van der Waals surface area contributed by atoms with E-state index in [0.717, 1.165) is 33.2 Å². The van der Waals surface area contributed by atoms with Crippen molar-refractivity contribution in [2.24, 2.45) is 0 Å². The molecular formula is C47H28Al2N4O. The maximum atomic E-state index is 7.09. The topological polar surface area (TPSA) is 33.5 Å². The van der Waals surface area contributed by atoms with E-state index >= 15 is 0 Å². The van der Waals surface area contributed by atoms with E-state index in [1.807, 2.05) is 0 Å². The Labute approximate surface area is 320 Å². The minimum atomic E-state index is -2.11. The normalized spacial score (nSPS) is 13.9. The van der Waals surface area contributed by atoms with Gasteiger partial charge in [0.2, 0.25) is 0 Å². The predicted octanol–water partition coefficient (Wildman–Crippen LogP) is 7.20. The molecule has 0 spiro atoms. The number of hydrogen-bond donors (Lipinski definition) is 0. The summed E-state index contributed by atoms with van der Waals surface area (Å²) in [5.74, 6) is 2.93. The number of ether oxygens (including phenoxy) is 1. The van der Waals surface area contributed by atoms with Crippen LogP contribution in [-0.4, -0.2) is 37.8 Å². The molecule has 0 amide bonds. The van der Waals surface area contributed by atoms with Gasteiger partial charge in [0.15, 0.2) is 0 Å². The van der Waals surface area contributed by atoms with Gasteiger partial charge < -0.3 is 14.2 Å². The van der Waals surface area contributed by atoms with E-state index < -0.39 is 28.3 Å². The highest BCUT2D eigenvalue weighted by Gasteiger charge is 2.49. The number of aromatic nitrogens is 2. The quantitative estimate of drug-likeness (QED) is 0.177. The van der Waals surface area contributed by atoms with Crippen LogP contribution in [0.5, 0.6) is 11.5 Å². The average Bonchev–Trinajstić information content (AvgIpc) is 3.57. The Morgan fingerprint density at radius 3 is 1.93 bits per heavy atom. The number of rotatable bonds is 2. The van der Waals surface area contributed by atoms with E-state index in [1.54, 1.807) is 0 Å². The molecule has 5 nitrogen and oxygen atoms in total. The van der Waals surface area contributed by atoms with Gasteiger partial charge in [-0.15, -0.1) is 0 Å². The molecule has 7 heteroatoms. The second-order valence-electron chi connectivity index (χ2n) is 14.6. The van der Waals surface area contributed by atoms with Crippen LogP contribution in [0.25, 0.3) is 27.5 Å². The number of benzene rings is 7. The summed E-state index contributed by atoms with van der Waals surface area (Å²) >= 11 is -4.18. The van der Waals surface area contributed by atoms with Crippen LogP contribution in [0, 0.1) is 0 Å². The molecule has 4 aliphatic heterocycles. The first kappa shape index (κ1) is 29.4. The van der Waals surface area contributed by atoms with Gasteiger partial charge in [0.1, 0.15) is 17.3 Å². The molecule has 0 fully saturated rings. The summed E-state index contributed by atoms with van der Waals surface area (Å²) in [6, 6.07) is 62.3. The molecule has 0 saturated carbocycles. The van der Waals surface area contributed by atoms with Crippen LogP contribution in [0.1, 0.15) is 0 Å². The minimum Gasteiger partial charge on any atom is -0.458 e. The fourth-order valence-electron chi connectivity index (χ4n) is 9.96. The third-order valence-electron chi connectivity index (χ3n) is 12.0. The molecule has 0 atom stereocenters. The molecule has 0 unspecified atom stereocenters. The Morgan fingerprint density at radius 2 is 1.07 bits per heavy atom. The first-order valence-corrected chi connectivity index (χ1v) is 22.1. The molecule has 13 rings (SSSR count). The zero-order valence-electron chi connectivity index (χ0n) is 29.0. The summed E-state index contributed by atoms with van der Waals surface area (Å²) in [5, 5.41) is 2.59. The number of hydrogen-bond acceptors (Lipinski definition) is 4. The highest BCUT2D eigenvalue weighted by molar-refractivity contribution is 7.01. The van der Waals surface area contributed by atoms with E-state index in [4.69, 9.17) is 9.72 Å². The second kappa shape index (κ2) is 10.8. The highest BCUT2D eigenvalue weighted by Crippen LogP contribution is 2.44. The highest BCUT2D eigenvalue weighted by atomic mass is 27.2. The molecule has 9 aromatic rings. The third-order valence-corrected chi connectivity index (χ3v) is 18.5. The molecule has 0 N–H and O–H groups in total. The van der Waals surface area contributed by atoms with Crippen LogP contribution in [0.3, 0.4) is 0 Å². The van der Waals surface area contributed by atoms with E-state index in [2.05, 4.69) is 184 Å². The Hall–Kier alpha value is -6.05. The minimum absolute atomic E-state index is 0.918. The second-order valence-corrected chi connectivity index (χ2v) is 19.9. The first-order valence-electron chi connectivity index (χ1n) is 18.6. The van der Waals surface area contributed by atoms with E-state index in [-0.39, 0.29) is 0 Å². The zero-order valence-corrected chi connectivity index (χ0v) is 31.3. The lowest BCUT2D eigenvalue weighted by atomic mass is 10.1. The SMILES string of the molecule is c1ccc(N2c3cccc[c]3[Al]3[c]4cc5[c](nc4N(c4ccccc4)c4cccc2[c]43)[Al]2[c]3c(cccc3-n3c4ccccc4c4ccc[c]2c43)O5)cc1. The summed E-state index contributed by atoms with van der Waals surface area (Å²) < 4.78 is 17.5. The Morgan fingerprint density at radius 1 is 0.444 bits per heavy atom. The Bertz CT molecular complexity index is 3070. The molecule has 0 aliphatic carbocycles. The lowest BCUT2D eigenvalue weighted by Crippen LogP contribution is -2.64. The van der Waals surface area contributed by atoms with Crippen molar-refractivity contribution in [3.8, 4) is 17.2 Å². The van der Waals surface area contributed by atoms with Gasteiger partial charge in [0.05, 0.1) is 5.52 Å². The van der Waals surface area contributed by atoms with E-state index in [9.17, 15) is 0 Å². The van der Waals surface area contributed by atoms with Crippen molar-refractivity contribution in [2.45, 2.75) is 0 Å². The van der Waals surface area contributed by atoms with Gasteiger partial charge in [0.25, 0.3) is 0 Å². The van der Waals surface area contributed by atoms with Crippen molar-refractivity contribution >= 4 is 111 Å². The fraction of sp³-hybridized carbons (Fsp3) is 0. The van der Waals surface area contributed by atoms with Gasteiger partial charge in [-0.05, 0) is 71.2 Å². The van der Waals surface area contributed by atoms with Crippen LogP contribution in [-0.2, 0) is 0 Å². The zero-order chi connectivity index (χ0) is 35.1. The number of pyridine rings is 1. The van der Waals surface area contributed by atoms with Crippen molar-refractivity contribution < 1.29 is 4.74 Å². The van der Waals surface area contributed by atoms with Crippen LogP contribution >= 0.6 is 0 Å². The molecule has 4 aliphatic rings. The lowest BCUT2D eigenvalue weighted by Gasteiger charge is -2.43. The van der Waals surface area contributed by atoms with Gasteiger partial charge in [-0.1, -0.05) is 121 Å². The van der Waals surface area contributed by atoms with Crippen molar-refractivity contribution in [3.63, 3.8) is 0 Å². The fourth-order valence-corrected chi connectivity index (χ4v) is 16.9. The average molecular weight is 719 g/mol. The smallest absolute Gasteiger partial charge is 0.430 e. The number of anilines is 6. The molecule has 0 saturated heterocycles. The molecule has 6 heterocycles. The molecule has 54 heavy (non-hydrogen) atoms. The molecule has 0 bridgehead atoms. The van der Waals surface area contributed by atoms with Crippen molar-refractivity contribution in [1.29, 1.82) is 0 Å². The summed E-state index contributed by atoms with van der Waals surface area (Å²) in [7, 11) is 0. The number of para-hydroxylation sites is 5. The first-order chi connectivity index (χ1) is 26.8. The molecular weight excluding hydrogens is 691 g/mol. The largest absolute Gasteiger partial charge is 0.458 e. The monoisotopic (exact) mass is 718 g/mol. The van der Waals surface area contributed by atoms with Crippen LogP contribution < -0.4 is 41.2 Å². The van der Waals surface area contributed by atoms with Gasteiger partial charge in [-0.3, -0.25) is 9.88 Å². The predicted molar refractivity (Wildman–Crippen MR) is 224 cm³/mol. The van der Waals surface area contributed by atoms with Gasteiger partial charge in [-0.2, -0.15) is 0 Å². The van der Waals surface area contributed by atoms with Crippen molar-refractivity contribution in [3.05, 3.63) is 170 Å². The lowest BCUT2D eigenvalue weighted by molar-refractivity contribution is 0.486. The van der Waals surface area contributed by atoms with Gasteiger partial charge in [-0.25, -0.2) is 0 Å². The number of fused-ring (bicyclic) bond motifs is 11. The molecule has 248 valence electrons. The van der Waals surface area contributed by atoms with Crippen molar-refractivity contribution in [1.82, 2.24) is 9.55 Å². The standard InChI is InChI=1S/C47H28N4O.2Al/c1-4-16-35(17-5-1)49(36-18-6-2-7-19-36)38-22-14-23-39(32-38)50(37-20-8-3-9-21-37)47-31-30-42(34-48-47)52-41-25-15-24-40(33-41)51-45-28-12-10-26-43(45)44-27-11-13-29-46(44)51;;/h1-18,20-28,30H;;. The Kier molecular flexibility index (Phi) is 5.87.